The fourth-order valence-electron chi connectivity index (χ4n) is 1.51. The van der Waals surface area contributed by atoms with Crippen LogP contribution in [0.1, 0.15) is 17.3 Å². The van der Waals surface area contributed by atoms with Gasteiger partial charge in [-0.15, -0.1) is 0 Å². The summed E-state index contributed by atoms with van der Waals surface area (Å²) in [5, 5.41) is 0.863. The number of esters is 1. The standard InChI is InChI=1S/C14H14N2O2S/c1-2-18-14(17)11-9-10(6-7-12(11)15)19-13-5-3-4-8-16-13/h3-9H,2,15H2,1H3. The average Bonchev–Trinajstić information content (AvgIpc) is 2.42. The van der Waals surface area contributed by atoms with Crippen molar-refractivity contribution < 1.29 is 9.53 Å². The van der Waals surface area contributed by atoms with Gasteiger partial charge >= 0.3 is 5.97 Å². The molecule has 4 nitrogen and oxygen atoms in total. The van der Waals surface area contributed by atoms with Crippen LogP contribution in [-0.4, -0.2) is 17.6 Å². The molecule has 19 heavy (non-hydrogen) atoms. The molecule has 2 rings (SSSR count). The SMILES string of the molecule is CCOC(=O)c1cc(Sc2ccccn2)ccc1N. The number of hydrogen-bond donors (Lipinski definition) is 1. The molecule has 1 aromatic carbocycles. The van der Waals surface area contributed by atoms with Gasteiger partial charge in [0.1, 0.15) is 5.03 Å². The first-order chi connectivity index (χ1) is 9.20. The lowest BCUT2D eigenvalue weighted by Crippen LogP contribution is -2.07. The molecular weight excluding hydrogens is 260 g/mol. The largest absolute Gasteiger partial charge is 0.462 e. The van der Waals surface area contributed by atoms with Gasteiger partial charge in [-0.25, -0.2) is 9.78 Å². The van der Waals surface area contributed by atoms with Crippen molar-refractivity contribution in [3.05, 3.63) is 48.2 Å². The van der Waals surface area contributed by atoms with Gasteiger partial charge in [-0.1, -0.05) is 17.8 Å². The highest BCUT2D eigenvalue weighted by Crippen LogP contribution is 2.28. The zero-order valence-corrected chi connectivity index (χ0v) is 11.3. The van der Waals surface area contributed by atoms with Gasteiger partial charge < -0.3 is 10.5 Å². The lowest BCUT2D eigenvalue weighted by atomic mass is 10.2. The highest BCUT2D eigenvalue weighted by Gasteiger charge is 2.12. The van der Waals surface area contributed by atoms with Gasteiger partial charge in [-0.2, -0.15) is 0 Å². The predicted molar refractivity (Wildman–Crippen MR) is 75.2 cm³/mol. The van der Waals surface area contributed by atoms with Gasteiger partial charge in [0.15, 0.2) is 0 Å². The van der Waals surface area contributed by atoms with E-state index >= 15 is 0 Å². The van der Waals surface area contributed by atoms with E-state index in [1.165, 1.54) is 11.8 Å². The number of hydrogen-bond acceptors (Lipinski definition) is 5. The first-order valence-corrected chi connectivity index (χ1v) is 6.68. The number of rotatable bonds is 4. The number of nitrogen functional groups attached to an aromatic ring is 1. The number of nitrogens with zero attached hydrogens (tertiary/aromatic N) is 1. The summed E-state index contributed by atoms with van der Waals surface area (Å²) in [6, 6.07) is 11.0. The third-order valence-electron chi connectivity index (χ3n) is 2.38. The highest BCUT2D eigenvalue weighted by molar-refractivity contribution is 7.99. The van der Waals surface area contributed by atoms with E-state index in [9.17, 15) is 4.79 Å². The topological polar surface area (TPSA) is 65.2 Å². The molecule has 98 valence electrons. The summed E-state index contributed by atoms with van der Waals surface area (Å²) in [5.74, 6) is -0.400. The fraction of sp³-hybridized carbons (Fsp3) is 0.143. The number of anilines is 1. The van der Waals surface area contributed by atoms with E-state index < -0.39 is 5.97 Å². The minimum Gasteiger partial charge on any atom is -0.462 e. The summed E-state index contributed by atoms with van der Waals surface area (Å²) < 4.78 is 4.97. The van der Waals surface area contributed by atoms with Crippen LogP contribution < -0.4 is 5.73 Å². The monoisotopic (exact) mass is 274 g/mol. The molecule has 0 unspecified atom stereocenters. The van der Waals surface area contributed by atoms with E-state index in [1.54, 1.807) is 25.3 Å². The second-order valence-electron chi connectivity index (χ2n) is 3.74. The van der Waals surface area contributed by atoms with E-state index in [4.69, 9.17) is 10.5 Å². The molecule has 0 aliphatic heterocycles. The van der Waals surface area contributed by atoms with Crippen molar-refractivity contribution >= 4 is 23.4 Å². The molecule has 0 aliphatic carbocycles. The molecule has 0 amide bonds. The van der Waals surface area contributed by atoms with Crippen LogP contribution in [0.25, 0.3) is 0 Å². The molecule has 0 spiro atoms. The quantitative estimate of drug-likeness (QED) is 0.686. The van der Waals surface area contributed by atoms with Crippen molar-refractivity contribution in [2.75, 3.05) is 12.3 Å². The summed E-state index contributed by atoms with van der Waals surface area (Å²) in [6.45, 7) is 2.09. The second kappa shape index (κ2) is 6.24. The van der Waals surface area contributed by atoms with Crippen molar-refractivity contribution in [1.82, 2.24) is 4.98 Å². The van der Waals surface area contributed by atoms with E-state index in [0.29, 0.717) is 17.9 Å². The average molecular weight is 274 g/mol. The van der Waals surface area contributed by atoms with Crippen molar-refractivity contribution in [2.24, 2.45) is 0 Å². The lowest BCUT2D eigenvalue weighted by Gasteiger charge is -2.07. The van der Waals surface area contributed by atoms with Crippen molar-refractivity contribution in [3.8, 4) is 0 Å². The summed E-state index contributed by atoms with van der Waals surface area (Å²) in [6.07, 6.45) is 1.73. The molecule has 1 heterocycles. The molecule has 2 aromatic rings. The van der Waals surface area contributed by atoms with Crippen LogP contribution in [-0.2, 0) is 4.74 Å². The number of ether oxygens (including phenoxy) is 1. The summed E-state index contributed by atoms with van der Waals surface area (Å²) in [7, 11) is 0. The van der Waals surface area contributed by atoms with Crippen LogP contribution in [0.3, 0.4) is 0 Å². The third-order valence-corrected chi connectivity index (χ3v) is 3.32. The number of carbonyl (C=O) groups is 1. The van der Waals surface area contributed by atoms with Crippen molar-refractivity contribution in [3.63, 3.8) is 0 Å². The Morgan fingerprint density at radius 3 is 2.89 bits per heavy atom. The molecule has 0 saturated carbocycles. The maximum absolute atomic E-state index is 11.7. The normalized spacial score (nSPS) is 10.2. The molecule has 0 bridgehead atoms. The van der Waals surface area contributed by atoms with Crippen LogP contribution in [0, 0.1) is 0 Å². The molecule has 0 aliphatic rings. The summed E-state index contributed by atoms with van der Waals surface area (Å²) in [4.78, 5) is 16.9. The minimum atomic E-state index is -0.400. The van der Waals surface area contributed by atoms with Gasteiger partial charge in [0.05, 0.1) is 12.2 Å². The van der Waals surface area contributed by atoms with Gasteiger partial charge in [0.25, 0.3) is 0 Å². The molecular formula is C14H14N2O2S. The molecule has 0 saturated heterocycles. The Bertz CT molecular complexity index is 573. The minimum absolute atomic E-state index is 0.329. The van der Waals surface area contributed by atoms with Crippen LogP contribution in [0.5, 0.6) is 0 Å². The van der Waals surface area contributed by atoms with Crippen molar-refractivity contribution in [2.45, 2.75) is 16.8 Å². The predicted octanol–water partition coefficient (Wildman–Crippen LogP) is 2.99. The fourth-order valence-corrected chi connectivity index (χ4v) is 2.33. The molecule has 0 radical (unpaired) electrons. The molecule has 0 fully saturated rings. The van der Waals surface area contributed by atoms with Gasteiger partial charge in [-0.05, 0) is 37.3 Å². The first-order valence-electron chi connectivity index (χ1n) is 5.86. The third kappa shape index (κ3) is 3.48. The molecule has 0 atom stereocenters. The number of nitrogens with two attached hydrogens (primary N) is 1. The van der Waals surface area contributed by atoms with Crippen LogP contribution in [0.15, 0.2) is 52.5 Å². The maximum Gasteiger partial charge on any atom is 0.340 e. The van der Waals surface area contributed by atoms with Crippen LogP contribution >= 0.6 is 11.8 Å². The molecule has 1 aromatic heterocycles. The van der Waals surface area contributed by atoms with E-state index in [-0.39, 0.29) is 0 Å². The summed E-state index contributed by atoms with van der Waals surface area (Å²) >= 11 is 1.47. The highest BCUT2D eigenvalue weighted by atomic mass is 32.2. The van der Waals surface area contributed by atoms with Crippen LogP contribution in [0.4, 0.5) is 5.69 Å². The zero-order chi connectivity index (χ0) is 13.7. The Morgan fingerprint density at radius 2 is 2.21 bits per heavy atom. The van der Waals surface area contributed by atoms with E-state index in [2.05, 4.69) is 4.98 Å². The van der Waals surface area contributed by atoms with Crippen LogP contribution in [0.2, 0.25) is 0 Å². The smallest absolute Gasteiger partial charge is 0.340 e. The van der Waals surface area contributed by atoms with Gasteiger partial charge in [-0.3, -0.25) is 0 Å². The second-order valence-corrected chi connectivity index (χ2v) is 4.83. The van der Waals surface area contributed by atoms with Crippen molar-refractivity contribution in [1.29, 1.82) is 0 Å². The maximum atomic E-state index is 11.7. The van der Waals surface area contributed by atoms with E-state index in [0.717, 1.165) is 9.92 Å². The Hall–Kier alpha value is -2.01. The van der Waals surface area contributed by atoms with E-state index in [1.807, 2.05) is 24.3 Å². The first kappa shape index (κ1) is 13.4. The number of pyridine rings is 1. The zero-order valence-electron chi connectivity index (χ0n) is 10.5. The number of carbonyl (C=O) groups excluding carboxylic acids is 1. The Labute approximate surface area is 116 Å². The lowest BCUT2D eigenvalue weighted by molar-refractivity contribution is 0.0527. The Balaban J connectivity index is 2.23. The Kier molecular flexibility index (Phi) is 4.41. The van der Waals surface area contributed by atoms with Gasteiger partial charge in [0, 0.05) is 16.8 Å². The number of aromatic nitrogens is 1. The van der Waals surface area contributed by atoms with Gasteiger partial charge in [0.2, 0.25) is 0 Å². The Morgan fingerprint density at radius 1 is 1.37 bits per heavy atom. The summed E-state index contributed by atoms with van der Waals surface area (Å²) in [5.41, 5.74) is 6.60. The molecule has 2 N–H and O–H groups in total. The number of benzene rings is 1. The molecule has 5 heteroatoms.